The van der Waals surface area contributed by atoms with E-state index in [0.29, 0.717) is 5.75 Å². The van der Waals surface area contributed by atoms with Crippen molar-refractivity contribution in [3.8, 4) is 5.75 Å². The third kappa shape index (κ3) is 3.19. The molecule has 1 aliphatic rings. The lowest BCUT2D eigenvalue weighted by molar-refractivity contribution is -0.122. The summed E-state index contributed by atoms with van der Waals surface area (Å²) in [5.41, 5.74) is 0.809. The van der Waals surface area contributed by atoms with E-state index in [1.165, 1.54) is 4.31 Å². The Morgan fingerprint density at radius 1 is 1.33 bits per heavy atom. The first-order valence-electron chi connectivity index (χ1n) is 6.85. The van der Waals surface area contributed by atoms with Gasteiger partial charge in [0, 0.05) is 6.54 Å². The molecule has 1 aromatic rings. The molecule has 0 bridgehead atoms. The number of carbonyl (C=O) groups excluding carboxylic acids is 1. The molecule has 6 nitrogen and oxygen atoms in total. The van der Waals surface area contributed by atoms with Crippen LogP contribution in [0, 0.1) is 5.92 Å². The Hall–Kier alpha value is -1.60. The second kappa shape index (κ2) is 6.03. The Bertz CT molecular complexity index is 612. The van der Waals surface area contributed by atoms with Crippen molar-refractivity contribution in [2.75, 3.05) is 7.11 Å². The largest absolute Gasteiger partial charge is 0.497 e. The lowest BCUT2D eigenvalue weighted by Crippen LogP contribution is -2.39. The Labute approximate surface area is 125 Å². The molecule has 0 aromatic heterocycles. The number of rotatable bonds is 5. The Kier molecular flexibility index (Phi) is 4.53. The third-order valence-electron chi connectivity index (χ3n) is 3.80. The van der Waals surface area contributed by atoms with Crippen LogP contribution in [0.2, 0.25) is 0 Å². The van der Waals surface area contributed by atoms with Crippen molar-refractivity contribution >= 4 is 16.1 Å². The minimum atomic E-state index is -3.75. The first-order valence-corrected chi connectivity index (χ1v) is 8.29. The average Bonchev–Trinajstić information content (AvgIpc) is 2.68. The number of methoxy groups -OCH3 is 1. The highest BCUT2D eigenvalue weighted by molar-refractivity contribution is 7.88. The molecule has 1 heterocycles. The number of ether oxygens (including phenoxy) is 1. The normalized spacial score (nSPS) is 22.8. The standard InChI is InChI=1S/C14H20N2O4S/c1-4-10(2)13-14(17)15-21(18,19)16(13)9-11-5-7-12(20-3)8-6-11/h5-8,10,13H,4,9H2,1-3H3,(H,15,17)/t10-,13+/m0/s1. The molecule has 1 fully saturated rings. The maximum Gasteiger partial charge on any atom is 0.304 e. The van der Waals surface area contributed by atoms with Gasteiger partial charge in [-0.2, -0.15) is 12.7 Å². The van der Waals surface area contributed by atoms with Crippen molar-refractivity contribution in [1.29, 1.82) is 0 Å². The number of hydrogen-bond acceptors (Lipinski definition) is 4. The van der Waals surface area contributed by atoms with Crippen LogP contribution in [0.25, 0.3) is 0 Å². The minimum Gasteiger partial charge on any atom is -0.497 e. The van der Waals surface area contributed by atoms with Crippen molar-refractivity contribution in [3.63, 3.8) is 0 Å². The molecule has 1 aromatic carbocycles. The predicted octanol–water partition coefficient (Wildman–Crippen LogP) is 1.29. The number of carbonyl (C=O) groups is 1. The molecule has 0 spiro atoms. The highest BCUT2D eigenvalue weighted by Gasteiger charge is 2.45. The Morgan fingerprint density at radius 2 is 1.95 bits per heavy atom. The summed E-state index contributed by atoms with van der Waals surface area (Å²) in [6.07, 6.45) is 0.729. The second-order valence-corrected chi connectivity index (χ2v) is 6.82. The summed E-state index contributed by atoms with van der Waals surface area (Å²) in [7, 11) is -2.18. The molecule has 0 saturated carbocycles. The smallest absolute Gasteiger partial charge is 0.304 e. The van der Waals surface area contributed by atoms with Gasteiger partial charge in [0.15, 0.2) is 0 Å². The van der Waals surface area contributed by atoms with Crippen LogP contribution in [-0.4, -0.2) is 31.8 Å². The first-order chi connectivity index (χ1) is 9.89. The van der Waals surface area contributed by atoms with Crippen molar-refractivity contribution in [2.45, 2.75) is 32.9 Å². The van der Waals surface area contributed by atoms with Crippen LogP contribution in [0.3, 0.4) is 0 Å². The van der Waals surface area contributed by atoms with E-state index in [-0.39, 0.29) is 12.5 Å². The van der Waals surface area contributed by atoms with E-state index >= 15 is 0 Å². The van der Waals surface area contributed by atoms with Gasteiger partial charge < -0.3 is 4.74 Å². The zero-order valence-electron chi connectivity index (χ0n) is 12.4. The first kappa shape index (κ1) is 15.8. The number of amides is 1. The lowest BCUT2D eigenvalue weighted by Gasteiger charge is -2.24. The van der Waals surface area contributed by atoms with E-state index in [4.69, 9.17) is 4.74 Å². The summed E-state index contributed by atoms with van der Waals surface area (Å²) < 4.78 is 32.6. The SMILES string of the molecule is CC[C@H](C)[C@@H]1C(=O)NS(=O)(=O)N1Cc1ccc(OC)cc1. The summed E-state index contributed by atoms with van der Waals surface area (Å²) in [6, 6.07) is 6.48. The van der Waals surface area contributed by atoms with Crippen molar-refractivity contribution in [2.24, 2.45) is 5.92 Å². The molecular weight excluding hydrogens is 292 g/mol. The zero-order chi connectivity index (χ0) is 15.6. The maximum absolute atomic E-state index is 12.1. The van der Waals surface area contributed by atoms with Crippen LogP contribution in [0.5, 0.6) is 5.75 Å². The fraction of sp³-hybridized carbons (Fsp3) is 0.500. The molecule has 21 heavy (non-hydrogen) atoms. The van der Waals surface area contributed by atoms with Crippen LogP contribution in [-0.2, 0) is 21.5 Å². The highest BCUT2D eigenvalue weighted by atomic mass is 32.2. The van der Waals surface area contributed by atoms with Gasteiger partial charge in [0.1, 0.15) is 11.8 Å². The van der Waals surface area contributed by atoms with Crippen molar-refractivity contribution < 1.29 is 17.9 Å². The molecule has 1 aliphatic heterocycles. The molecule has 0 aliphatic carbocycles. The molecule has 116 valence electrons. The average molecular weight is 312 g/mol. The number of hydrogen-bond donors (Lipinski definition) is 1. The molecule has 2 rings (SSSR count). The van der Waals surface area contributed by atoms with Gasteiger partial charge in [0.2, 0.25) is 0 Å². The van der Waals surface area contributed by atoms with E-state index in [1.807, 2.05) is 13.8 Å². The molecule has 2 atom stereocenters. The number of nitrogens with zero attached hydrogens (tertiary/aromatic N) is 1. The van der Waals surface area contributed by atoms with Crippen LogP contribution in [0.1, 0.15) is 25.8 Å². The molecule has 1 amide bonds. The molecule has 1 N–H and O–H groups in total. The van der Waals surface area contributed by atoms with Crippen LogP contribution >= 0.6 is 0 Å². The molecular formula is C14H20N2O4S. The molecule has 7 heteroatoms. The minimum absolute atomic E-state index is 0.0412. The van der Waals surface area contributed by atoms with Gasteiger partial charge in [-0.15, -0.1) is 0 Å². The molecule has 1 saturated heterocycles. The van der Waals surface area contributed by atoms with Gasteiger partial charge in [-0.05, 0) is 23.6 Å². The zero-order valence-corrected chi connectivity index (χ0v) is 13.2. The highest BCUT2D eigenvalue weighted by Crippen LogP contribution is 2.26. The molecule has 0 radical (unpaired) electrons. The van der Waals surface area contributed by atoms with Gasteiger partial charge in [0.25, 0.3) is 5.91 Å². The van der Waals surface area contributed by atoms with Gasteiger partial charge in [-0.1, -0.05) is 32.4 Å². The van der Waals surface area contributed by atoms with E-state index in [0.717, 1.165) is 12.0 Å². The lowest BCUT2D eigenvalue weighted by atomic mass is 9.98. The molecule has 0 unspecified atom stereocenters. The van der Waals surface area contributed by atoms with Crippen molar-refractivity contribution in [3.05, 3.63) is 29.8 Å². The quantitative estimate of drug-likeness (QED) is 0.889. The van der Waals surface area contributed by atoms with Crippen LogP contribution in [0.15, 0.2) is 24.3 Å². The topological polar surface area (TPSA) is 75.7 Å². The van der Waals surface area contributed by atoms with Crippen molar-refractivity contribution in [1.82, 2.24) is 9.03 Å². The monoisotopic (exact) mass is 312 g/mol. The summed E-state index contributed by atoms with van der Waals surface area (Å²) >= 11 is 0. The van der Waals surface area contributed by atoms with E-state index in [1.54, 1.807) is 31.4 Å². The maximum atomic E-state index is 12.1. The van der Waals surface area contributed by atoms with Crippen LogP contribution in [0.4, 0.5) is 0 Å². The van der Waals surface area contributed by atoms with Gasteiger partial charge in [-0.25, -0.2) is 4.72 Å². The fourth-order valence-electron chi connectivity index (χ4n) is 2.39. The number of benzene rings is 1. The van der Waals surface area contributed by atoms with Gasteiger partial charge in [0.05, 0.1) is 7.11 Å². The summed E-state index contributed by atoms with van der Waals surface area (Å²) in [5, 5.41) is 0. The number of nitrogens with one attached hydrogen (secondary N) is 1. The fourth-order valence-corrected chi connectivity index (χ4v) is 3.80. The Balaban J connectivity index is 2.27. The summed E-state index contributed by atoms with van der Waals surface area (Å²) in [4.78, 5) is 11.9. The van der Waals surface area contributed by atoms with Gasteiger partial charge >= 0.3 is 10.2 Å². The summed E-state index contributed by atoms with van der Waals surface area (Å²) in [6.45, 7) is 3.99. The second-order valence-electron chi connectivity index (χ2n) is 5.20. The Morgan fingerprint density at radius 3 is 2.48 bits per heavy atom. The predicted molar refractivity (Wildman–Crippen MR) is 78.8 cm³/mol. The summed E-state index contributed by atoms with van der Waals surface area (Å²) in [5.74, 6) is 0.217. The van der Waals surface area contributed by atoms with Gasteiger partial charge in [-0.3, -0.25) is 4.79 Å². The third-order valence-corrected chi connectivity index (χ3v) is 5.23. The van der Waals surface area contributed by atoms with E-state index < -0.39 is 22.2 Å². The van der Waals surface area contributed by atoms with E-state index in [2.05, 4.69) is 4.72 Å². The van der Waals surface area contributed by atoms with Crippen LogP contribution < -0.4 is 9.46 Å². The van der Waals surface area contributed by atoms with E-state index in [9.17, 15) is 13.2 Å².